The lowest BCUT2D eigenvalue weighted by molar-refractivity contribution is 0.0928. The van der Waals surface area contributed by atoms with Crippen LogP contribution in [0.25, 0.3) is 11.0 Å². The molecule has 1 heterocycles. The summed E-state index contributed by atoms with van der Waals surface area (Å²) in [5.74, 6) is -0.0642. The summed E-state index contributed by atoms with van der Waals surface area (Å²) in [6.45, 7) is 0. The van der Waals surface area contributed by atoms with E-state index >= 15 is 0 Å². The monoisotopic (exact) mass is 305 g/mol. The third-order valence-electron chi connectivity index (χ3n) is 4.07. The summed E-state index contributed by atoms with van der Waals surface area (Å²) >= 11 is 1.88. The lowest BCUT2D eigenvalue weighted by Gasteiger charge is -2.28. The van der Waals surface area contributed by atoms with Crippen molar-refractivity contribution in [2.45, 2.75) is 37.0 Å². The molecule has 1 amide bonds. The minimum atomic E-state index is -0.252. The highest BCUT2D eigenvalue weighted by atomic mass is 32.2. The summed E-state index contributed by atoms with van der Waals surface area (Å²) in [4.78, 5) is 28.9. The maximum atomic E-state index is 12.3. The Morgan fingerprint density at radius 2 is 2.10 bits per heavy atom. The first-order valence-corrected chi connectivity index (χ1v) is 8.50. The predicted octanol–water partition coefficient (Wildman–Crippen LogP) is 2.26. The van der Waals surface area contributed by atoms with Crippen LogP contribution in [-0.4, -0.2) is 33.4 Å². The van der Waals surface area contributed by atoms with Gasteiger partial charge in [0.15, 0.2) is 0 Å². The van der Waals surface area contributed by atoms with Crippen molar-refractivity contribution < 1.29 is 4.79 Å². The molecular weight excluding hydrogens is 286 g/mol. The number of carbonyl (C=O) groups excluding carboxylic acids is 1. The van der Waals surface area contributed by atoms with Crippen molar-refractivity contribution in [1.29, 1.82) is 0 Å². The SMILES string of the molecule is CS[C@H]1CCC[C@H](NC(=O)c2ccc3[nH]c(=O)[nH]c3c2)C1. The highest BCUT2D eigenvalue weighted by molar-refractivity contribution is 7.99. The Labute approximate surface area is 126 Å². The average Bonchev–Trinajstić information content (AvgIpc) is 2.86. The standard InChI is InChI=1S/C15H19N3O2S/c1-21-11-4-2-3-10(8-11)16-14(19)9-5-6-12-13(7-9)18-15(20)17-12/h5-7,10-11H,2-4,8H2,1H3,(H,16,19)(H2,17,18,20)/t10-,11-/m0/s1. The van der Waals surface area contributed by atoms with Gasteiger partial charge in [-0.05, 0) is 43.7 Å². The number of imidazole rings is 1. The first-order chi connectivity index (χ1) is 10.2. The van der Waals surface area contributed by atoms with E-state index in [9.17, 15) is 9.59 Å². The molecule has 3 N–H and O–H groups in total. The first kappa shape index (κ1) is 14.3. The summed E-state index contributed by atoms with van der Waals surface area (Å²) in [5, 5.41) is 3.76. The van der Waals surface area contributed by atoms with E-state index in [1.54, 1.807) is 18.2 Å². The Morgan fingerprint density at radius 3 is 2.90 bits per heavy atom. The van der Waals surface area contributed by atoms with Gasteiger partial charge in [-0.1, -0.05) is 6.42 Å². The second-order valence-electron chi connectivity index (χ2n) is 5.53. The number of thioether (sulfide) groups is 1. The number of fused-ring (bicyclic) bond motifs is 1. The fourth-order valence-electron chi connectivity index (χ4n) is 2.93. The minimum absolute atomic E-state index is 0.0642. The summed E-state index contributed by atoms with van der Waals surface area (Å²) in [7, 11) is 0. The molecule has 0 unspecified atom stereocenters. The largest absolute Gasteiger partial charge is 0.349 e. The Hall–Kier alpha value is -1.69. The molecule has 21 heavy (non-hydrogen) atoms. The number of rotatable bonds is 3. The molecule has 0 radical (unpaired) electrons. The Kier molecular flexibility index (Phi) is 4.05. The van der Waals surface area contributed by atoms with Crippen LogP contribution in [0, 0.1) is 0 Å². The fraction of sp³-hybridized carbons (Fsp3) is 0.467. The Balaban J connectivity index is 1.72. The van der Waals surface area contributed by atoms with E-state index in [2.05, 4.69) is 21.5 Å². The van der Waals surface area contributed by atoms with Crippen LogP contribution in [0.5, 0.6) is 0 Å². The average molecular weight is 305 g/mol. The van der Waals surface area contributed by atoms with Gasteiger partial charge in [-0.15, -0.1) is 0 Å². The number of nitrogens with one attached hydrogen (secondary N) is 3. The maximum Gasteiger partial charge on any atom is 0.323 e. The molecule has 0 spiro atoms. The molecule has 6 heteroatoms. The highest BCUT2D eigenvalue weighted by Crippen LogP contribution is 2.27. The molecule has 1 aliphatic rings. The van der Waals surface area contributed by atoms with E-state index in [-0.39, 0.29) is 17.6 Å². The summed E-state index contributed by atoms with van der Waals surface area (Å²) in [6, 6.07) is 5.48. The van der Waals surface area contributed by atoms with Crippen LogP contribution in [-0.2, 0) is 0 Å². The van der Waals surface area contributed by atoms with Gasteiger partial charge in [0.1, 0.15) is 0 Å². The third-order valence-corrected chi connectivity index (χ3v) is 5.17. The van der Waals surface area contributed by atoms with Gasteiger partial charge < -0.3 is 15.3 Å². The molecule has 1 aromatic carbocycles. The molecule has 1 fully saturated rings. The number of aromatic amines is 2. The number of amides is 1. The van der Waals surface area contributed by atoms with E-state index < -0.39 is 0 Å². The maximum absolute atomic E-state index is 12.3. The van der Waals surface area contributed by atoms with Gasteiger partial charge in [-0.2, -0.15) is 11.8 Å². The minimum Gasteiger partial charge on any atom is -0.349 e. The van der Waals surface area contributed by atoms with Gasteiger partial charge in [0.2, 0.25) is 0 Å². The summed E-state index contributed by atoms with van der Waals surface area (Å²) < 4.78 is 0. The quantitative estimate of drug-likeness (QED) is 0.814. The zero-order valence-corrected chi connectivity index (χ0v) is 12.8. The highest BCUT2D eigenvalue weighted by Gasteiger charge is 2.23. The lowest BCUT2D eigenvalue weighted by atomic mass is 9.94. The van der Waals surface area contributed by atoms with Gasteiger partial charge in [0.25, 0.3) is 5.91 Å². The number of hydrogen-bond donors (Lipinski definition) is 3. The first-order valence-electron chi connectivity index (χ1n) is 7.21. The molecule has 1 aromatic heterocycles. The second kappa shape index (κ2) is 5.97. The van der Waals surface area contributed by atoms with Crippen molar-refractivity contribution in [3.8, 4) is 0 Å². The van der Waals surface area contributed by atoms with Crippen molar-refractivity contribution in [2.75, 3.05) is 6.26 Å². The van der Waals surface area contributed by atoms with Gasteiger partial charge in [0.05, 0.1) is 11.0 Å². The third kappa shape index (κ3) is 3.15. The molecular formula is C15H19N3O2S. The van der Waals surface area contributed by atoms with Crippen LogP contribution >= 0.6 is 11.8 Å². The van der Waals surface area contributed by atoms with Crippen LogP contribution in [0.3, 0.4) is 0 Å². The molecule has 0 saturated heterocycles. The van der Waals surface area contributed by atoms with Gasteiger partial charge in [0, 0.05) is 16.9 Å². The number of carbonyl (C=O) groups is 1. The fourth-order valence-corrected chi connectivity index (χ4v) is 3.76. The van der Waals surface area contributed by atoms with Crippen molar-refractivity contribution in [2.24, 2.45) is 0 Å². The van der Waals surface area contributed by atoms with Crippen LogP contribution in [0.2, 0.25) is 0 Å². The predicted molar refractivity (Wildman–Crippen MR) is 85.9 cm³/mol. The molecule has 3 rings (SSSR count). The van der Waals surface area contributed by atoms with Crippen LogP contribution in [0.4, 0.5) is 0 Å². The number of aromatic nitrogens is 2. The van der Waals surface area contributed by atoms with Crippen molar-refractivity contribution in [3.63, 3.8) is 0 Å². The van der Waals surface area contributed by atoms with E-state index in [1.807, 2.05) is 11.8 Å². The normalized spacial score (nSPS) is 22.3. The topological polar surface area (TPSA) is 77.8 Å². The lowest BCUT2D eigenvalue weighted by Crippen LogP contribution is -2.39. The van der Waals surface area contributed by atoms with E-state index in [0.29, 0.717) is 16.3 Å². The summed E-state index contributed by atoms with van der Waals surface area (Å²) in [6.07, 6.45) is 6.62. The Bertz CT molecular complexity index is 706. The van der Waals surface area contributed by atoms with E-state index in [4.69, 9.17) is 0 Å². The summed E-state index contributed by atoms with van der Waals surface area (Å²) in [5.41, 5.74) is 1.72. The van der Waals surface area contributed by atoms with Crippen molar-refractivity contribution >= 4 is 28.7 Å². The molecule has 1 saturated carbocycles. The van der Waals surface area contributed by atoms with Crippen LogP contribution in [0.1, 0.15) is 36.0 Å². The van der Waals surface area contributed by atoms with E-state index in [0.717, 1.165) is 18.4 Å². The molecule has 0 aliphatic heterocycles. The smallest absolute Gasteiger partial charge is 0.323 e. The van der Waals surface area contributed by atoms with Crippen molar-refractivity contribution in [1.82, 2.24) is 15.3 Å². The second-order valence-corrected chi connectivity index (χ2v) is 6.67. The van der Waals surface area contributed by atoms with Gasteiger partial charge in [-0.3, -0.25) is 4.79 Å². The molecule has 5 nitrogen and oxygen atoms in total. The molecule has 112 valence electrons. The molecule has 2 aromatic rings. The van der Waals surface area contributed by atoms with Gasteiger partial charge >= 0.3 is 5.69 Å². The molecule has 0 bridgehead atoms. The number of H-pyrrole nitrogens is 2. The zero-order chi connectivity index (χ0) is 14.8. The Morgan fingerprint density at radius 1 is 1.29 bits per heavy atom. The molecule has 1 aliphatic carbocycles. The number of hydrogen-bond acceptors (Lipinski definition) is 3. The van der Waals surface area contributed by atoms with Gasteiger partial charge in [-0.25, -0.2) is 4.79 Å². The van der Waals surface area contributed by atoms with Crippen LogP contribution in [0.15, 0.2) is 23.0 Å². The molecule has 2 atom stereocenters. The van der Waals surface area contributed by atoms with Crippen LogP contribution < -0.4 is 11.0 Å². The zero-order valence-electron chi connectivity index (χ0n) is 11.9. The van der Waals surface area contributed by atoms with Crippen molar-refractivity contribution in [3.05, 3.63) is 34.2 Å². The van der Waals surface area contributed by atoms with E-state index in [1.165, 1.54) is 12.8 Å². The number of benzene rings is 1.